The number of rotatable bonds is 2. The quantitative estimate of drug-likeness (QED) is 0.763. The molecule has 6 nitrogen and oxygen atoms in total. The summed E-state index contributed by atoms with van der Waals surface area (Å²) in [4.78, 5) is 30.5. The molecule has 84 valence electrons. The van der Waals surface area contributed by atoms with Gasteiger partial charge in [-0.05, 0) is 18.8 Å². The molecule has 0 atom stereocenters. The molecule has 0 unspecified atom stereocenters. The van der Waals surface area contributed by atoms with Crippen molar-refractivity contribution in [3.63, 3.8) is 0 Å². The van der Waals surface area contributed by atoms with E-state index in [1.807, 2.05) is 0 Å². The first-order valence-electron chi connectivity index (χ1n) is 5.31. The molecule has 1 N–H and O–H groups in total. The summed E-state index contributed by atoms with van der Waals surface area (Å²) in [6.07, 6.45) is 3.76. The Bertz CT molecular complexity index is 659. The van der Waals surface area contributed by atoms with Crippen LogP contribution in [0.1, 0.15) is 12.8 Å². The summed E-state index contributed by atoms with van der Waals surface area (Å²) >= 11 is 0. The number of H-pyrrole nitrogens is 1. The third kappa shape index (κ3) is 1.22. The van der Waals surface area contributed by atoms with E-state index in [2.05, 4.69) is 9.97 Å². The Balaban J connectivity index is 2.35. The van der Waals surface area contributed by atoms with Crippen molar-refractivity contribution in [2.45, 2.75) is 19.4 Å². The first kappa shape index (κ1) is 9.38. The lowest BCUT2D eigenvalue weighted by Gasteiger charge is -2.07. The highest BCUT2D eigenvalue weighted by Crippen LogP contribution is 2.30. The lowest BCUT2D eigenvalue weighted by Crippen LogP contribution is -2.38. The highest BCUT2D eigenvalue weighted by molar-refractivity contribution is 5.68. The number of nitrogens with zero attached hydrogens (tertiary/aromatic N) is 3. The zero-order valence-electron chi connectivity index (χ0n) is 8.93. The van der Waals surface area contributed by atoms with E-state index in [4.69, 9.17) is 0 Å². The molecule has 0 aliphatic heterocycles. The summed E-state index contributed by atoms with van der Waals surface area (Å²) < 4.78 is 2.72. The molecule has 1 fully saturated rings. The second kappa shape index (κ2) is 3.07. The van der Waals surface area contributed by atoms with E-state index >= 15 is 0 Å². The van der Waals surface area contributed by atoms with Crippen molar-refractivity contribution in [2.75, 3.05) is 0 Å². The molecule has 0 spiro atoms. The van der Waals surface area contributed by atoms with Gasteiger partial charge in [0, 0.05) is 13.6 Å². The monoisotopic (exact) mass is 220 g/mol. The summed E-state index contributed by atoms with van der Waals surface area (Å²) in [6, 6.07) is 0. The SMILES string of the molecule is Cn1c(=O)c2[nH]cnc2n(CC2CC2)c1=O. The molecular formula is C10H12N4O2. The minimum Gasteiger partial charge on any atom is -0.339 e. The molecule has 6 heteroatoms. The van der Waals surface area contributed by atoms with Gasteiger partial charge in [-0.15, -0.1) is 0 Å². The van der Waals surface area contributed by atoms with Crippen molar-refractivity contribution < 1.29 is 0 Å². The van der Waals surface area contributed by atoms with E-state index in [9.17, 15) is 9.59 Å². The van der Waals surface area contributed by atoms with Crippen LogP contribution in [-0.4, -0.2) is 19.1 Å². The van der Waals surface area contributed by atoms with Crippen molar-refractivity contribution in [1.29, 1.82) is 0 Å². The summed E-state index contributed by atoms with van der Waals surface area (Å²) in [5.41, 5.74) is 0.281. The van der Waals surface area contributed by atoms with Crippen LogP contribution in [0.4, 0.5) is 0 Å². The maximum atomic E-state index is 11.9. The van der Waals surface area contributed by atoms with Crippen LogP contribution in [0.15, 0.2) is 15.9 Å². The Hall–Kier alpha value is -1.85. The molecule has 2 aromatic rings. The van der Waals surface area contributed by atoms with Gasteiger partial charge in [-0.1, -0.05) is 0 Å². The molecule has 1 saturated carbocycles. The van der Waals surface area contributed by atoms with E-state index in [0.717, 1.165) is 17.4 Å². The van der Waals surface area contributed by atoms with Crippen molar-refractivity contribution in [3.05, 3.63) is 27.2 Å². The molecule has 1 aliphatic rings. The predicted molar refractivity (Wildman–Crippen MR) is 58.3 cm³/mol. The fourth-order valence-corrected chi connectivity index (χ4v) is 1.90. The summed E-state index contributed by atoms with van der Waals surface area (Å²) in [6.45, 7) is 0.661. The van der Waals surface area contributed by atoms with E-state index in [1.165, 1.54) is 13.4 Å². The highest BCUT2D eigenvalue weighted by Gasteiger charge is 2.24. The molecule has 3 rings (SSSR count). The Morgan fingerprint density at radius 3 is 2.94 bits per heavy atom. The van der Waals surface area contributed by atoms with E-state index in [-0.39, 0.29) is 11.2 Å². The maximum absolute atomic E-state index is 11.9. The summed E-state index contributed by atoms with van der Waals surface area (Å²) in [5.74, 6) is 0.565. The average Bonchev–Trinajstić information content (AvgIpc) is 2.96. The number of aromatic amines is 1. The van der Waals surface area contributed by atoms with Gasteiger partial charge < -0.3 is 4.98 Å². The Morgan fingerprint density at radius 2 is 2.25 bits per heavy atom. The first-order valence-corrected chi connectivity index (χ1v) is 5.31. The molecule has 16 heavy (non-hydrogen) atoms. The lowest BCUT2D eigenvalue weighted by atomic mass is 10.4. The fraction of sp³-hybridized carbons (Fsp3) is 0.500. The standard InChI is InChI=1S/C10H12N4O2/c1-13-9(15)7-8(12-5-11-7)14(10(13)16)4-6-2-3-6/h5-6H,2-4H2,1H3,(H,11,12). The van der Waals surface area contributed by atoms with Gasteiger partial charge >= 0.3 is 5.69 Å². The number of fused-ring (bicyclic) bond motifs is 1. The minimum atomic E-state index is -0.315. The van der Waals surface area contributed by atoms with Crippen LogP contribution in [-0.2, 0) is 13.6 Å². The van der Waals surface area contributed by atoms with Crippen LogP contribution in [0.25, 0.3) is 11.2 Å². The molecule has 0 aromatic carbocycles. The van der Waals surface area contributed by atoms with Crippen molar-refractivity contribution in [2.24, 2.45) is 13.0 Å². The number of hydrogen-bond donors (Lipinski definition) is 1. The largest absolute Gasteiger partial charge is 0.339 e. The van der Waals surface area contributed by atoms with Crippen molar-refractivity contribution in [1.82, 2.24) is 19.1 Å². The normalized spacial score (nSPS) is 15.8. The highest BCUT2D eigenvalue weighted by atomic mass is 16.2. The third-order valence-corrected chi connectivity index (χ3v) is 3.05. The lowest BCUT2D eigenvalue weighted by molar-refractivity contribution is 0.577. The maximum Gasteiger partial charge on any atom is 0.332 e. The third-order valence-electron chi connectivity index (χ3n) is 3.05. The van der Waals surface area contributed by atoms with Crippen LogP contribution in [0.3, 0.4) is 0 Å². The summed E-state index contributed by atoms with van der Waals surface area (Å²) in [7, 11) is 1.49. The number of nitrogens with one attached hydrogen (secondary N) is 1. The molecule has 2 aromatic heterocycles. The zero-order chi connectivity index (χ0) is 11.3. The van der Waals surface area contributed by atoms with Crippen molar-refractivity contribution >= 4 is 11.2 Å². The molecule has 2 heterocycles. The van der Waals surface area contributed by atoms with Gasteiger partial charge in [0.05, 0.1) is 6.33 Å². The Morgan fingerprint density at radius 1 is 1.50 bits per heavy atom. The minimum absolute atomic E-state index is 0.281. The van der Waals surface area contributed by atoms with Gasteiger partial charge in [0.25, 0.3) is 5.56 Å². The second-order valence-electron chi connectivity index (χ2n) is 4.30. The molecule has 0 saturated heterocycles. The van der Waals surface area contributed by atoms with Gasteiger partial charge in [-0.25, -0.2) is 9.78 Å². The number of imidazole rings is 1. The number of hydrogen-bond acceptors (Lipinski definition) is 3. The fourth-order valence-electron chi connectivity index (χ4n) is 1.90. The van der Waals surface area contributed by atoms with E-state index in [1.54, 1.807) is 4.57 Å². The van der Waals surface area contributed by atoms with Crippen LogP contribution in [0.2, 0.25) is 0 Å². The summed E-state index contributed by atoms with van der Waals surface area (Å²) in [5, 5.41) is 0. The van der Waals surface area contributed by atoms with Crippen LogP contribution in [0, 0.1) is 5.92 Å². The second-order valence-corrected chi connectivity index (χ2v) is 4.30. The molecular weight excluding hydrogens is 208 g/mol. The van der Waals surface area contributed by atoms with Gasteiger partial charge in [0.1, 0.15) is 5.52 Å². The Labute approximate surface area is 90.5 Å². The number of aromatic nitrogens is 4. The topological polar surface area (TPSA) is 72.7 Å². The average molecular weight is 220 g/mol. The van der Waals surface area contributed by atoms with Crippen LogP contribution < -0.4 is 11.2 Å². The predicted octanol–water partition coefficient (Wildman–Crippen LogP) is -0.167. The van der Waals surface area contributed by atoms with Crippen LogP contribution >= 0.6 is 0 Å². The zero-order valence-corrected chi connectivity index (χ0v) is 8.93. The smallest absolute Gasteiger partial charge is 0.332 e. The molecule has 0 bridgehead atoms. The van der Waals surface area contributed by atoms with Gasteiger partial charge in [0.15, 0.2) is 5.65 Å². The van der Waals surface area contributed by atoms with Crippen LogP contribution in [0.5, 0.6) is 0 Å². The van der Waals surface area contributed by atoms with E-state index in [0.29, 0.717) is 23.6 Å². The first-order chi connectivity index (χ1) is 7.68. The van der Waals surface area contributed by atoms with Gasteiger partial charge in [0.2, 0.25) is 0 Å². The molecule has 0 radical (unpaired) electrons. The molecule has 1 aliphatic carbocycles. The van der Waals surface area contributed by atoms with Gasteiger partial charge in [-0.3, -0.25) is 13.9 Å². The molecule has 0 amide bonds. The van der Waals surface area contributed by atoms with Gasteiger partial charge in [-0.2, -0.15) is 0 Å². The van der Waals surface area contributed by atoms with E-state index < -0.39 is 0 Å². The Kier molecular flexibility index (Phi) is 1.80. The van der Waals surface area contributed by atoms with Crippen molar-refractivity contribution in [3.8, 4) is 0 Å².